The molecule has 1 saturated heterocycles. The Bertz CT molecular complexity index is 866. The molecule has 1 aliphatic heterocycles. The average Bonchev–Trinajstić information content (AvgIpc) is 3.30. The molecule has 7 heteroatoms. The minimum Gasteiger partial charge on any atom is -0.345 e. The van der Waals surface area contributed by atoms with Gasteiger partial charge in [0.05, 0.1) is 16.8 Å². The van der Waals surface area contributed by atoms with E-state index in [0.717, 1.165) is 36.8 Å². The number of nitrogens with one attached hydrogen (secondary N) is 1. The molecule has 2 amide bonds. The Morgan fingerprint density at radius 1 is 1.20 bits per heavy atom. The lowest BCUT2D eigenvalue weighted by atomic mass is 10.2. The lowest BCUT2D eigenvalue weighted by Crippen LogP contribution is -2.51. The third kappa shape index (κ3) is 3.48. The number of anilines is 1. The number of carbonyl (C=O) groups is 1. The summed E-state index contributed by atoms with van der Waals surface area (Å²) in [7, 11) is 0. The molecule has 1 N–H and O–H groups in total. The predicted molar refractivity (Wildman–Crippen MR) is 105 cm³/mol. The second kappa shape index (κ2) is 7.01. The molecule has 0 bridgehead atoms. The van der Waals surface area contributed by atoms with Gasteiger partial charge in [-0.15, -0.1) is 11.3 Å². The molecule has 0 unspecified atom stereocenters. The number of rotatable bonds is 3. The molecule has 0 atom stereocenters. The van der Waals surface area contributed by atoms with E-state index in [1.165, 1.54) is 15.1 Å². The topological polar surface area (TPSA) is 48.5 Å². The molecule has 0 saturated carbocycles. The number of thiazole rings is 1. The molecule has 0 aliphatic carbocycles. The van der Waals surface area contributed by atoms with Crippen LogP contribution in [0.5, 0.6) is 0 Å². The van der Waals surface area contributed by atoms with Crippen molar-refractivity contribution in [3.63, 3.8) is 0 Å². The van der Waals surface area contributed by atoms with E-state index in [0.29, 0.717) is 6.54 Å². The number of aryl methyl sites for hydroxylation is 1. The van der Waals surface area contributed by atoms with Crippen molar-refractivity contribution in [2.24, 2.45) is 0 Å². The van der Waals surface area contributed by atoms with E-state index in [2.05, 4.69) is 35.3 Å². The SMILES string of the molecule is Cc1cccc2sc(N3CCN(C(=O)NCc4cccs4)CC3)nc12. The van der Waals surface area contributed by atoms with Crippen molar-refractivity contribution < 1.29 is 4.79 Å². The highest BCUT2D eigenvalue weighted by Crippen LogP contribution is 2.30. The van der Waals surface area contributed by atoms with Gasteiger partial charge in [0.25, 0.3) is 0 Å². The Labute approximate surface area is 154 Å². The zero-order chi connectivity index (χ0) is 17.2. The molecular formula is C18H20N4OS2. The molecule has 0 radical (unpaired) electrons. The van der Waals surface area contributed by atoms with Gasteiger partial charge in [-0.2, -0.15) is 0 Å². The van der Waals surface area contributed by atoms with E-state index in [-0.39, 0.29) is 6.03 Å². The fourth-order valence-electron chi connectivity index (χ4n) is 3.00. The first kappa shape index (κ1) is 16.4. The van der Waals surface area contributed by atoms with Crippen molar-refractivity contribution in [3.8, 4) is 0 Å². The van der Waals surface area contributed by atoms with Crippen LogP contribution in [0.1, 0.15) is 10.4 Å². The number of urea groups is 1. The number of hydrogen-bond donors (Lipinski definition) is 1. The zero-order valence-electron chi connectivity index (χ0n) is 14.1. The summed E-state index contributed by atoms with van der Waals surface area (Å²) >= 11 is 3.40. The Hall–Kier alpha value is -2.12. The maximum absolute atomic E-state index is 12.3. The molecule has 2 aromatic heterocycles. The molecule has 4 rings (SSSR count). The fraction of sp³-hybridized carbons (Fsp3) is 0.333. The van der Waals surface area contributed by atoms with Crippen molar-refractivity contribution in [3.05, 3.63) is 46.2 Å². The van der Waals surface area contributed by atoms with Gasteiger partial charge < -0.3 is 15.1 Å². The molecular weight excluding hydrogens is 352 g/mol. The summed E-state index contributed by atoms with van der Waals surface area (Å²) in [5.74, 6) is 0. The van der Waals surface area contributed by atoms with E-state index in [9.17, 15) is 4.79 Å². The lowest BCUT2D eigenvalue weighted by molar-refractivity contribution is 0.194. The Morgan fingerprint density at radius 3 is 2.76 bits per heavy atom. The highest BCUT2D eigenvalue weighted by Gasteiger charge is 2.23. The monoisotopic (exact) mass is 372 g/mol. The van der Waals surface area contributed by atoms with Crippen LogP contribution >= 0.6 is 22.7 Å². The van der Waals surface area contributed by atoms with Crippen LogP contribution in [0, 0.1) is 6.92 Å². The van der Waals surface area contributed by atoms with E-state index in [1.54, 1.807) is 22.7 Å². The first-order valence-corrected chi connectivity index (χ1v) is 10.1. The summed E-state index contributed by atoms with van der Waals surface area (Å²) in [6.45, 7) is 5.81. The molecule has 1 aromatic carbocycles. The van der Waals surface area contributed by atoms with Gasteiger partial charge in [-0.1, -0.05) is 29.5 Å². The summed E-state index contributed by atoms with van der Waals surface area (Å²) < 4.78 is 1.23. The number of para-hydroxylation sites is 1. The Morgan fingerprint density at radius 2 is 2.04 bits per heavy atom. The van der Waals surface area contributed by atoms with E-state index < -0.39 is 0 Å². The molecule has 1 aliphatic rings. The number of amides is 2. The van der Waals surface area contributed by atoms with Crippen LogP contribution in [0.15, 0.2) is 35.7 Å². The highest BCUT2D eigenvalue weighted by molar-refractivity contribution is 7.22. The van der Waals surface area contributed by atoms with E-state index >= 15 is 0 Å². The standard InChI is InChI=1S/C18H20N4OS2/c1-13-4-2-6-15-16(13)20-18(25-15)22-9-7-21(8-10-22)17(23)19-12-14-5-3-11-24-14/h2-6,11H,7-10,12H2,1H3,(H,19,23). The van der Waals surface area contributed by atoms with Gasteiger partial charge in [-0.25, -0.2) is 9.78 Å². The van der Waals surface area contributed by atoms with Crippen molar-refractivity contribution >= 4 is 44.1 Å². The van der Waals surface area contributed by atoms with Crippen LogP contribution < -0.4 is 10.2 Å². The van der Waals surface area contributed by atoms with Gasteiger partial charge in [-0.3, -0.25) is 0 Å². The minimum atomic E-state index is 0.0215. The largest absolute Gasteiger partial charge is 0.345 e. The first-order chi connectivity index (χ1) is 12.2. The Kier molecular flexibility index (Phi) is 4.59. The van der Waals surface area contributed by atoms with E-state index in [1.807, 2.05) is 22.4 Å². The van der Waals surface area contributed by atoms with Crippen LogP contribution in [0.2, 0.25) is 0 Å². The Balaban J connectivity index is 1.35. The summed E-state index contributed by atoms with van der Waals surface area (Å²) in [5, 5.41) is 6.09. The number of piperazine rings is 1. The zero-order valence-corrected chi connectivity index (χ0v) is 15.7. The van der Waals surface area contributed by atoms with Gasteiger partial charge in [0.2, 0.25) is 0 Å². The number of carbonyl (C=O) groups excluding carboxylic acids is 1. The summed E-state index contributed by atoms with van der Waals surface area (Å²) in [6, 6.07) is 10.4. The van der Waals surface area contributed by atoms with Crippen molar-refractivity contribution in [2.45, 2.75) is 13.5 Å². The second-order valence-electron chi connectivity index (χ2n) is 6.13. The summed E-state index contributed by atoms with van der Waals surface area (Å²) in [4.78, 5) is 22.5. The predicted octanol–water partition coefficient (Wildman–Crippen LogP) is 3.70. The molecule has 0 spiro atoms. The maximum Gasteiger partial charge on any atom is 0.317 e. The molecule has 3 aromatic rings. The van der Waals surface area contributed by atoms with Gasteiger partial charge in [0.15, 0.2) is 5.13 Å². The fourth-order valence-corrected chi connectivity index (χ4v) is 4.74. The molecule has 1 fully saturated rings. The summed E-state index contributed by atoms with van der Waals surface area (Å²) in [5.41, 5.74) is 2.31. The second-order valence-corrected chi connectivity index (χ2v) is 8.17. The summed E-state index contributed by atoms with van der Waals surface area (Å²) in [6.07, 6.45) is 0. The number of aromatic nitrogens is 1. The third-order valence-electron chi connectivity index (χ3n) is 4.44. The highest BCUT2D eigenvalue weighted by atomic mass is 32.1. The quantitative estimate of drug-likeness (QED) is 0.763. The van der Waals surface area contributed by atoms with Crippen molar-refractivity contribution in [2.75, 3.05) is 31.1 Å². The van der Waals surface area contributed by atoms with Crippen LogP contribution in [-0.2, 0) is 6.54 Å². The van der Waals surface area contributed by atoms with Crippen LogP contribution in [0.4, 0.5) is 9.93 Å². The smallest absolute Gasteiger partial charge is 0.317 e. The van der Waals surface area contributed by atoms with Crippen LogP contribution in [-0.4, -0.2) is 42.1 Å². The van der Waals surface area contributed by atoms with Crippen molar-refractivity contribution in [1.29, 1.82) is 0 Å². The van der Waals surface area contributed by atoms with Crippen LogP contribution in [0.3, 0.4) is 0 Å². The van der Waals surface area contributed by atoms with Gasteiger partial charge in [0.1, 0.15) is 0 Å². The maximum atomic E-state index is 12.3. The molecule has 3 heterocycles. The lowest BCUT2D eigenvalue weighted by Gasteiger charge is -2.34. The molecule has 25 heavy (non-hydrogen) atoms. The molecule has 130 valence electrons. The number of thiophene rings is 1. The van der Waals surface area contributed by atoms with Gasteiger partial charge in [-0.05, 0) is 30.0 Å². The average molecular weight is 373 g/mol. The van der Waals surface area contributed by atoms with Gasteiger partial charge in [0, 0.05) is 31.1 Å². The van der Waals surface area contributed by atoms with Crippen LogP contribution in [0.25, 0.3) is 10.2 Å². The minimum absolute atomic E-state index is 0.0215. The number of nitrogens with zero attached hydrogens (tertiary/aromatic N) is 3. The van der Waals surface area contributed by atoms with Crippen molar-refractivity contribution in [1.82, 2.24) is 15.2 Å². The number of benzene rings is 1. The molecule has 5 nitrogen and oxygen atoms in total. The first-order valence-electron chi connectivity index (χ1n) is 8.37. The van der Waals surface area contributed by atoms with Gasteiger partial charge >= 0.3 is 6.03 Å². The third-order valence-corrected chi connectivity index (χ3v) is 6.40. The van der Waals surface area contributed by atoms with E-state index in [4.69, 9.17) is 4.98 Å². The normalized spacial score (nSPS) is 14.9. The number of fused-ring (bicyclic) bond motifs is 1. The number of hydrogen-bond acceptors (Lipinski definition) is 5.